The Balaban J connectivity index is 2.71. The number of benzene rings is 1. The predicted molar refractivity (Wildman–Crippen MR) is 60.8 cm³/mol. The van der Waals surface area contributed by atoms with Gasteiger partial charge < -0.3 is 15.5 Å². The van der Waals surface area contributed by atoms with Gasteiger partial charge in [-0.15, -0.1) is 0 Å². The zero-order chi connectivity index (χ0) is 12.2. The van der Waals surface area contributed by atoms with Crippen LogP contribution in [0.4, 0.5) is 4.39 Å². The number of hydrogen-bond acceptors (Lipinski definition) is 3. The molecule has 0 heterocycles. The molecule has 0 aliphatic heterocycles. The predicted octanol–water partition coefficient (Wildman–Crippen LogP) is 1.31. The van der Waals surface area contributed by atoms with Crippen LogP contribution in [0.1, 0.15) is 12.5 Å². The SMILES string of the molecule is CC(CO)(CO)NCc1cccc(Cl)c1F. The van der Waals surface area contributed by atoms with Crippen molar-refractivity contribution in [2.45, 2.75) is 19.0 Å². The molecule has 0 saturated heterocycles. The van der Waals surface area contributed by atoms with Crippen molar-refractivity contribution < 1.29 is 14.6 Å². The summed E-state index contributed by atoms with van der Waals surface area (Å²) >= 11 is 5.63. The van der Waals surface area contributed by atoms with Crippen LogP contribution < -0.4 is 5.32 Å². The molecule has 0 radical (unpaired) electrons. The topological polar surface area (TPSA) is 52.5 Å². The molecule has 0 atom stereocenters. The number of halogens is 2. The summed E-state index contributed by atoms with van der Waals surface area (Å²) in [6, 6.07) is 4.72. The molecular weight excluding hydrogens is 233 g/mol. The second-order valence-corrected chi connectivity index (χ2v) is 4.35. The van der Waals surface area contributed by atoms with Gasteiger partial charge in [0.05, 0.1) is 23.8 Å². The van der Waals surface area contributed by atoms with E-state index in [9.17, 15) is 4.39 Å². The Labute approximate surface area is 98.9 Å². The fourth-order valence-electron chi connectivity index (χ4n) is 1.16. The van der Waals surface area contributed by atoms with Crippen LogP contribution in [-0.4, -0.2) is 29.0 Å². The molecule has 3 nitrogen and oxygen atoms in total. The highest BCUT2D eigenvalue weighted by molar-refractivity contribution is 6.30. The molecule has 1 aromatic carbocycles. The van der Waals surface area contributed by atoms with Crippen molar-refractivity contribution >= 4 is 11.6 Å². The van der Waals surface area contributed by atoms with Gasteiger partial charge in [0.2, 0.25) is 0 Å². The Hall–Kier alpha value is -0.680. The monoisotopic (exact) mass is 247 g/mol. The van der Waals surface area contributed by atoms with Gasteiger partial charge >= 0.3 is 0 Å². The van der Waals surface area contributed by atoms with Crippen LogP contribution in [0.5, 0.6) is 0 Å². The highest BCUT2D eigenvalue weighted by Crippen LogP contribution is 2.18. The molecule has 0 unspecified atom stereocenters. The van der Waals surface area contributed by atoms with E-state index in [4.69, 9.17) is 21.8 Å². The van der Waals surface area contributed by atoms with Crippen LogP contribution in [0, 0.1) is 5.82 Å². The fourth-order valence-corrected chi connectivity index (χ4v) is 1.35. The summed E-state index contributed by atoms with van der Waals surface area (Å²) in [7, 11) is 0. The van der Waals surface area contributed by atoms with Crippen molar-refractivity contribution in [1.82, 2.24) is 5.32 Å². The van der Waals surface area contributed by atoms with Gasteiger partial charge in [0.1, 0.15) is 5.82 Å². The summed E-state index contributed by atoms with van der Waals surface area (Å²) in [4.78, 5) is 0. The van der Waals surface area contributed by atoms with Crippen molar-refractivity contribution in [2.24, 2.45) is 0 Å². The van der Waals surface area contributed by atoms with E-state index in [1.165, 1.54) is 6.07 Å². The lowest BCUT2D eigenvalue weighted by atomic mass is 10.0. The van der Waals surface area contributed by atoms with Crippen molar-refractivity contribution in [1.29, 1.82) is 0 Å². The first kappa shape index (κ1) is 13.4. The summed E-state index contributed by atoms with van der Waals surface area (Å²) in [6.45, 7) is 1.39. The molecule has 0 saturated carbocycles. The molecule has 0 fully saturated rings. The minimum Gasteiger partial charge on any atom is -0.394 e. The molecule has 0 aliphatic carbocycles. The van der Waals surface area contributed by atoms with Crippen LogP contribution in [0.15, 0.2) is 18.2 Å². The minimum atomic E-state index is -0.825. The van der Waals surface area contributed by atoms with Crippen LogP contribution in [0.2, 0.25) is 5.02 Å². The van der Waals surface area contributed by atoms with Crippen LogP contribution in [0.3, 0.4) is 0 Å². The normalized spacial score (nSPS) is 11.8. The van der Waals surface area contributed by atoms with E-state index in [1.807, 2.05) is 0 Å². The maximum absolute atomic E-state index is 13.5. The van der Waals surface area contributed by atoms with E-state index in [2.05, 4.69) is 5.32 Å². The van der Waals surface area contributed by atoms with Gasteiger partial charge in [0.25, 0.3) is 0 Å². The molecule has 90 valence electrons. The van der Waals surface area contributed by atoms with Gasteiger partial charge in [-0.2, -0.15) is 0 Å². The zero-order valence-electron chi connectivity index (χ0n) is 9.00. The first-order chi connectivity index (χ1) is 7.52. The maximum Gasteiger partial charge on any atom is 0.146 e. The number of nitrogens with one attached hydrogen (secondary N) is 1. The zero-order valence-corrected chi connectivity index (χ0v) is 9.76. The summed E-state index contributed by atoms with van der Waals surface area (Å²) in [5.41, 5.74) is -0.421. The van der Waals surface area contributed by atoms with Crippen LogP contribution in [0.25, 0.3) is 0 Å². The number of aliphatic hydroxyl groups excluding tert-OH is 2. The molecule has 5 heteroatoms. The Morgan fingerprint density at radius 2 is 2.00 bits per heavy atom. The maximum atomic E-state index is 13.5. The second kappa shape index (κ2) is 5.59. The van der Waals surface area contributed by atoms with E-state index in [1.54, 1.807) is 19.1 Å². The average Bonchev–Trinajstić information content (AvgIpc) is 2.31. The number of rotatable bonds is 5. The Kier molecular flexibility index (Phi) is 4.68. The molecule has 0 aromatic heterocycles. The third-order valence-electron chi connectivity index (χ3n) is 2.44. The second-order valence-electron chi connectivity index (χ2n) is 3.94. The quantitative estimate of drug-likeness (QED) is 0.736. The average molecular weight is 248 g/mol. The van der Waals surface area contributed by atoms with Crippen LogP contribution in [-0.2, 0) is 6.54 Å². The molecule has 0 amide bonds. The van der Waals surface area contributed by atoms with Crippen molar-refractivity contribution in [3.05, 3.63) is 34.6 Å². The summed E-state index contributed by atoms with van der Waals surface area (Å²) in [5, 5.41) is 21.0. The third kappa shape index (κ3) is 3.15. The highest BCUT2D eigenvalue weighted by atomic mass is 35.5. The molecule has 0 bridgehead atoms. The molecule has 1 rings (SSSR count). The smallest absolute Gasteiger partial charge is 0.146 e. The largest absolute Gasteiger partial charge is 0.394 e. The fraction of sp³-hybridized carbons (Fsp3) is 0.455. The number of aliphatic hydroxyl groups is 2. The van der Waals surface area contributed by atoms with Crippen molar-refractivity contribution in [3.63, 3.8) is 0 Å². The van der Waals surface area contributed by atoms with Gasteiger partial charge in [-0.05, 0) is 13.0 Å². The van der Waals surface area contributed by atoms with E-state index in [-0.39, 0.29) is 24.8 Å². The highest BCUT2D eigenvalue weighted by Gasteiger charge is 2.21. The molecular formula is C11H15ClFNO2. The molecule has 3 N–H and O–H groups in total. The molecule has 1 aromatic rings. The lowest BCUT2D eigenvalue weighted by Crippen LogP contribution is -2.48. The molecule has 16 heavy (non-hydrogen) atoms. The lowest BCUT2D eigenvalue weighted by molar-refractivity contribution is 0.103. The number of hydrogen-bond donors (Lipinski definition) is 3. The van der Waals surface area contributed by atoms with Gasteiger partial charge in [-0.1, -0.05) is 23.7 Å². The van der Waals surface area contributed by atoms with Gasteiger partial charge in [-0.3, -0.25) is 0 Å². The minimum absolute atomic E-state index is 0.0639. The van der Waals surface area contributed by atoms with Crippen LogP contribution >= 0.6 is 11.6 Å². The van der Waals surface area contributed by atoms with E-state index in [0.29, 0.717) is 5.56 Å². The van der Waals surface area contributed by atoms with Crippen molar-refractivity contribution in [3.8, 4) is 0 Å². The summed E-state index contributed by atoms with van der Waals surface area (Å²) in [5.74, 6) is -0.477. The lowest BCUT2D eigenvalue weighted by Gasteiger charge is -2.26. The summed E-state index contributed by atoms with van der Waals surface area (Å²) in [6.07, 6.45) is 0. The first-order valence-electron chi connectivity index (χ1n) is 4.92. The van der Waals surface area contributed by atoms with Gasteiger partial charge in [-0.25, -0.2) is 4.39 Å². The van der Waals surface area contributed by atoms with E-state index >= 15 is 0 Å². The van der Waals surface area contributed by atoms with Gasteiger partial charge in [0.15, 0.2) is 0 Å². The Morgan fingerprint density at radius 3 is 2.56 bits per heavy atom. The van der Waals surface area contributed by atoms with E-state index in [0.717, 1.165) is 0 Å². The molecule has 0 spiro atoms. The van der Waals surface area contributed by atoms with E-state index < -0.39 is 11.4 Å². The summed E-state index contributed by atoms with van der Waals surface area (Å²) < 4.78 is 13.5. The first-order valence-corrected chi connectivity index (χ1v) is 5.30. The molecule has 0 aliphatic rings. The standard InChI is InChI=1S/C11H15ClFNO2/c1-11(6-15,7-16)14-5-8-3-2-4-9(12)10(8)13/h2-4,14-16H,5-7H2,1H3. The Morgan fingerprint density at radius 1 is 1.38 bits per heavy atom. The van der Waals surface area contributed by atoms with Gasteiger partial charge in [0, 0.05) is 12.1 Å². The third-order valence-corrected chi connectivity index (χ3v) is 2.73. The van der Waals surface area contributed by atoms with Crippen molar-refractivity contribution in [2.75, 3.05) is 13.2 Å². The Bertz CT molecular complexity index is 356.